The molecule has 0 spiro atoms. The fourth-order valence-corrected chi connectivity index (χ4v) is 2.47. The van der Waals surface area contributed by atoms with E-state index in [0.717, 1.165) is 37.8 Å². The molecule has 122 valence electrons. The second kappa shape index (κ2) is 6.95. The molecule has 1 saturated carbocycles. The highest BCUT2D eigenvalue weighted by molar-refractivity contribution is 5.62. The molecule has 8 heteroatoms. The van der Waals surface area contributed by atoms with Gasteiger partial charge < -0.3 is 10.1 Å². The van der Waals surface area contributed by atoms with Gasteiger partial charge in [-0.15, -0.1) is 0 Å². The largest absolute Gasteiger partial charge is 0.416 e. The average Bonchev–Trinajstić information content (AvgIpc) is 2.95. The van der Waals surface area contributed by atoms with Crippen LogP contribution in [0, 0.1) is 10.1 Å². The van der Waals surface area contributed by atoms with Gasteiger partial charge in [0.2, 0.25) is 0 Å². The minimum absolute atomic E-state index is 0.0630. The van der Waals surface area contributed by atoms with E-state index in [1.165, 1.54) is 0 Å². The number of hydrogen-bond acceptors (Lipinski definition) is 4. The smallest absolute Gasteiger partial charge is 0.377 e. The molecule has 22 heavy (non-hydrogen) atoms. The number of nitro groups is 1. The van der Waals surface area contributed by atoms with Gasteiger partial charge in [-0.2, -0.15) is 13.2 Å². The first-order chi connectivity index (χ1) is 10.4. The molecule has 1 aromatic carbocycles. The van der Waals surface area contributed by atoms with Crippen molar-refractivity contribution >= 4 is 11.4 Å². The second-order valence-electron chi connectivity index (χ2n) is 5.19. The summed E-state index contributed by atoms with van der Waals surface area (Å²) in [5.41, 5.74) is -1.56. The Morgan fingerprint density at radius 2 is 2.00 bits per heavy atom. The van der Waals surface area contributed by atoms with Gasteiger partial charge in [-0.3, -0.25) is 10.1 Å². The van der Waals surface area contributed by atoms with Crippen LogP contribution >= 0.6 is 0 Å². The Kier molecular flexibility index (Phi) is 5.23. The Morgan fingerprint density at radius 1 is 1.32 bits per heavy atom. The molecule has 0 unspecified atom stereocenters. The monoisotopic (exact) mass is 318 g/mol. The van der Waals surface area contributed by atoms with Crippen molar-refractivity contribution < 1.29 is 22.8 Å². The Bertz CT molecular complexity index is 529. The first-order valence-corrected chi connectivity index (χ1v) is 7.09. The molecule has 5 nitrogen and oxygen atoms in total. The predicted octanol–water partition coefficient (Wildman–Crippen LogP) is 3.98. The molecule has 1 aliphatic rings. The van der Waals surface area contributed by atoms with Crippen LogP contribution in [0.2, 0.25) is 0 Å². The summed E-state index contributed by atoms with van der Waals surface area (Å²) in [6.07, 6.45) is -0.0647. The second-order valence-corrected chi connectivity index (χ2v) is 5.19. The summed E-state index contributed by atoms with van der Waals surface area (Å²) < 4.78 is 43.3. The number of anilines is 1. The van der Waals surface area contributed by atoms with Crippen molar-refractivity contribution in [1.29, 1.82) is 0 Å². The molecule has 1 aliphatic carbocycles. The lowest BCUT2D eigenvalue weighted by molar-refractivity contribution is -0.384. The molecule has 1 aromatic rings. The molecule has 0 bridgehead atoms. The van der Waals surface area contributed by atoms with Crippen molar-refractivity contribution in [3.63, 3.8) is 0 Å². The zero-order chi connectivity index (χ0) is 16.2. The number of halogens is 3. The summed E-state index contributed by atoms with van der Waals surface area (Å²) in [7, 11) is 0. The molecule has 0 radical (unpaired) electrons. The lowest BCUT2D eigenvalue weighted by Gasteiger charge is -2.13. The van der Waals surface area contributed by atoms with Crippen molar-refractivity contribution in [2.24, 2.45) is 0 Å². The molecular weight excluding hydrogens is 301 g/mol. The van der Waals surface area contributed by atoms with Crippen LogP contribution in [0.5, 0.6) is 0 Å². The lowest BCUT2D eigenvalue weighted by Crippen LogP contribution is -2.16. The Labute approximate surface area is 125 Å². The topological polar surface area (TPSA) is 64.4 Å². The van der Waals surface area contributed by atoms with Gasteiger partial charge >= 0.3 is 6.18 Å². The van der Waals surface area contributed by atoms with Gasteiger partial charge in [-0.25, -0.2) is 0 Å². The number of nitro benzene ring substituents is 1. The van der Waals surface area contributed by atoms with Gasteiger partial charge in [0.15, 0.2) is 0 Å². The summed E-state index contributed by atoms with van der Waals surface area (Å²) in [6.45, 7) is 0.672. The van der Waals surface area contributed by atoms with Gasteiger partial charge in [-0.05, 0) is 25.0 Å². The van der Waals surface area contributed by atoms with Gasteiger partial charge in [0, 0.05) is 12.6 Å². The molecule has 0 saturated heterocycles. The van der Waals surface area contributed by atoms with E-state index in [0.29, 0.717) is 19.2 Å². The third kappa shape index (κ3) is 4.33. The minimum atomic E-state index is -4.60. The first-order valence-electron chi connectivity index (χ1n) is 7.09. The van der Waals surface area contributed by atoms with Gasteiger partial charge in [0.25, 0.3) is 5.69 Å². The summed E-state index contributed by atoms with van der Waals surface area (Å²) in [5.74, 6) is 0. The summed E-state index contributed by atoms with van der Waals surface area (Å²) in [4.78, 5) is 10.1. The van der Waals surface area contributed by atoms with E-state index in [-0.39, 0.29) is 11.8 Å². The fraction of sp³-hybridized carbons (Fsp3) is 0.571. The van der Waals surface area contributed by atoms with E-state index in [2.05, 4.69) is 5.32 Å². The highest BCUT2D eigenvalue weighted by Gasteiger charge is 2.33. The van der Waals surface area contributed by atoms with Crippen LogP contribution in [0.15, 0.2) is 18.2 Å². The van der Waals surface area contributed by atoms with Crippen LogP contribution in [-0.2, 0) is 10.9 Å². The van der Waals surface area contributed by atoms with Crippen LogP contribution in [0.4, 0.5) is 24.5 Å². The highest BCUT2D eigenvalue weighted by atomic mass is 19.4. The summed E-state index contributed by atoms with van der Waals surface area (Å²) in [6, 6.07) is 2.45. The molecular formula is C14H17F3N2O3. The van der Waals surface area contributed by atoms with E-state index in [1.807, 2.05) is 0 Å². The van der Waals surface area contributed by atoms with Crippen molar-refractivity contribution in [1.82, 2.24) is 0 Å². The van der Waals surface area contributed by atoms with E-state index in [1.54, 1.807) is 0 Å². The quantitative estimate of drug-likeness (QED) is 0.489. The Hall–Kier alpha value is -1.83. The molecule has 0 atom stereocenters. The van der Waals surface area contributed by atoms with Crippen molar-refractivity contribution in [2.75, 3.05) is 18.5 Å². The molecule has 2 rings (SSSR count). The standard InChI is InChI=1S/C14H17F3N2O3/c15-14(16,17)10-5-6-12(13(9-10)19(20)21)18-7-8-22-11-3-1-2-4-11/h5-6,9,11,18H,1-4,7-8H2. The van der Waals surface area contributed by atoms with Crippen LogP contribution < -0.4 is 5.32 Å². The van der Waals surface area contributed by atoms with Crippen molar-refractivity contribution in [3.05, 3.63) is 33.9 Å². The van der Waals surface area contributed by atoms with Gasteiger partial charge in [0.05, 0.1) is 23.2 Å². The summed E-state index contributed by atoms with van der Waals surface area (Å²) in [5, 5.41) is 13.7. The molecule has 0 aromatic heterocycles. The molecule has 1 fully saturated rings. The van der Waals surface area contributed by atoms with Crippen molar-refractivity contribution in [3.8, 4) is 0 Å². The van der Waals surface area contributed by atoms with E-state index in [4.69, 9.17) is 4.74 Å². The first kappa shape index (κ1) is 16.5. The van der Waals surface area contributed by atoms with E-state index >= 15 is 0 Å². The maximum Gasteiger partial charge on any atom is 0.416 e. The lowest BCUT2D eigenvalue weighted by atomic mass is 10.1. The zero-order valence-electron chi connectivity index (χ0n) is 11.9. The number of alkyl halides is 3. The summed E-state index contributed by atoms with van der Waals surface area (Å²) >= 11 is 0. The zero-order valence-corrected chi connectivity index (χ0v) is 11.9. The SMILES string of the molecule is O=[N+]([O-])c1cc(C(F)(F)F)ccc1NCCOC1CCCC1. The average molecular weight is 318 g/mol. The van der Waals surface area contributed by atoms with Crippen LogP contribution in [0.25, 0.3) is 0 Å². The minimum Gasteiger partial charge on any atom is -0.377 e. The number of nitrogens with one attached hydrogen (secondary N) is 1. The maximum absolute atomic E-state index is 12.6. The number of benzene rings is 1. The fourth-order valence-electron chi connectivity index (χ4n) is 2.47. The Morgan fingerprint density at radius 3 is 2.59 bits per heavy atom. The van der Waals surface area contributed by atoms with E-state index < -0.39 is 22.4 Å². The molecule has 0 aliphatic heterocycles. The van der Waals surface area contributed by atoms with Crippen LogP contribution in [0.1, 0.15) is 31.2 Å². The molecule has 1 N–H and O–H groups in total. The van der Waals surface area contributed by atoms with Crippen LogP contribution in [0.3, 0.4) is 0 Å². The maximum atomic E-state index is 12.6. The highest BCUT2D eigenvalue weighted by Crippen LogP contribution is 2.34. The normalized spacial score (nSPS) is 16.0. The Balaban J connectivity index is 1.95. The predicted molar refractivity (Wildman–Crippen MR) is 74.8 cm³/mol. The van der Waals surface area contributed by atoms with Crippen LogP contribution in [-0.4, -0.2) is 24.2 Å². The number of rotatable bonds is 6. The number of hydrogen-bond donors (Lipinski definition) is 1. The van der Waals surface area contributed by atoms with E-state index in [9.17, 15) is 23.3 Å². The number of ether oxygens (including phenoxy) is 1. The van der Waals surface area contributed by atoms with Gasteiger partial charge in [-0.1, -0.05) is 12.8 Å². The molecule has 0 heterocycles. The third-order valence-corrected chi connectivity index (χ3v) is 3.60. The van der Waals surface area contributed by atoms with Gasteiger partial charge in [0.1, 0.15) is 5.69 Å². The third-order valence-electron chi connectivity index (χ3n) is 3.60. The number of nitrogens with zero attached hydrogens (tertiary/aromatic N) is 1. The van der Waals surface area contributed by atoms with Crippen molar-refractivity contribution in [2.45, 2.75) is 38.0 Å². The molecule has 0 amide bonds.